The lowest BCUT2D eigenvalue weighted by atomic mass is 9.92. The number of amides is 2. The molecule has 0 aliphatic heterocycles. The van der Waals surface area contributed by atoms with Crippen molar-refractivity contribution in [3.05, 3.63) is 32.2 Å². The molecule has 3 N–H and O–H groups in total. The van der Waals surface area contributed by atoms with Gasteiger partial charge in [0.2, 0.25) is 12.0 Å². The van der Waals surface area contributed by atoms with Gasteiger partial charge < -0.3 is 5.32 Å². The summed E-state index contributed by atoms with van der Waals surface area (Å²) in [4.78, 5) is 41.7. The van der Waals surface area contributed by atoms with Crippen LogP contribution < -0.4 is 16.2 Å². The van der Waals surface area contributed by atoms with Crippen LogP contribution in [0.4, 0.5) is 10.7 Å². The van der Waals surface area contributed by atoms with E-state index in [4.69, 9.17) is 0 Å². The molecule has 0 bridgehead atoms. The van der Waals surface area contributed by atoms with Gasteiger partial charge in [0.1, 0.15) is 0 Å². The number of nitrogens with one attached hydrogen (secondary N) is 3. The van der Waals surface area contributed by atoms with Crippen LogP contribution in [0, 0.1) is 10.1 Å². The lowest BCUT2D eigenvalue weighted by molar-refractivity contribution is -0.526. The Labute approximate surface area is 196 Å². The topological polar surface area (TPSA) is 130 Å². The number of aromatic amines is 1. The molecule has 0 spiro atoms. The third kappa shape index (κ3) is 11.3. The second kappa shape index (κ2) is 15.4. The molecule has 0 radical (unpaired) electrons. The van der Waals surface area contributed by atoms with Crippen molar-refractivity contribution in [2.75, 3.05) is 5.32 Å². The number of aryl methyl sites for hydroxylation is 1. The first-order valence-corrected chi connectivity index (χ1v) is 12.8. The predicted molar refractivity (Wildman–Crippen MR) is 130 cm³/mol. The summed E-state index contributed by atoms with van der Waals surface area (Å²) in [7, 11) is 0. The third-order valence-electron chi connectivity index (χ3n) is 6.39. The van der Waals surface area contributed by atoms with E-state index in [-0.39, 0.29) is 22.5 Å². The molecule has 186 valence electrons. The number of nitro groups is 1. The van der Waals surface area contributed by atoms with E-state index in [9.17, 15) is 19.7 Å². The Balaban J connectivity index is 1.63. The standard InChI is InChI=1S/C24H41N5O4/c1-2-3-4-5-6-7-8-9-10-11-12-13-20-18-22(30)27-23(25-20)28-24(31)26-19-14-16-21(17-15-19)29(32)33/h18-19,21H,2-17H2,1H3,(H3,25,26,27,28,30,31). The smallest absolute Gasteiger partial charge is 0.321 e. The molecule has 0 saturated heterocycles. The van der Waals surface area contributed by atoms with Crippen LogP contribution in [-0.2, 0) is 6.42 Å². The number of aromatic nitrogens is 2. The summed E-state index contributed by atoms with van der Waals surface area (Å²) < 4.78 is 0. The average molecular weight is 464 g/mol. The van der Waals surface area contributed by atoms with Gasteiger partial charge in [-0.05, 0) is 25.7 Å². The molecule has 0 aromatic carbocycles. The van der Waals surface area contributed by atoms with Gasteiger partial charge in [-0.15, -0.1) is 0 Å². The summed E-state index contributed by atoms with van der Waals surface area (Å²) in [6.45, 7) is 2.24. The minimum absolute atomic E-state index is 0.104. The number of carbonyl (C=O) groups is 1. The minimum Gasteiger partial charge on any atom is -0.335 e. The second-order valence-corrected chi connectivity index (χ2v) is 9.26. The van der Waals surface area contributed by atoms with Gasteiger partial charge in [0.15, 0.2) is 0 Å². The number of hydrogen-bond donors (Lipinski definition) is 3. The molecule has 1 saturated carbocycles. The van der Waals surface area contributed by atoms with Crippen LogP contribution in [0.5, 0.6) is 0 Å². The first-order chi connectivity index (χ1) is 16.0. The van der Waals surface area contributed by atoms with Gasteiger partial charge in [-0.3, -0.25) is 25.2 Å². The van der Waals surface area contributed by atoms with Gasteiger partial charge >= 0.3 is 6.03 Å². The number of unbranched alkanes of at least 4 members (excludes halogenated alkanes) is 10. The SMILES string of the molecule is CCCCCCCCCCCCCc1cc(=O)[nH]c(NC(=O)NC2CCC([N+](=O)[O-])CC2)n1. The van der Waals surface area contributed by atoms with Crippen molar-refractivity contribution in [1.82, 2.24) is 15.3 Å². The molecule has 2 rings (SSSR count). The zero-order valence-corrected chi connectivity index (χ0v) is 20.1. The fourth-order valence-corrected chi connectivity index (χ4v) is 4.43. The van der Waals surface area contributed by atoms with Gasteiger partial charge in [-0.2, -0.15) is 0 Å². The minimum atomic E-state index is -0.517. The molecule has 0 unspecified atom stereocenters. The van der Waals surface area contributed by atoms with Crippen LogP contribution in [0.1, 0.15) is 109 Å². The number of carbonyl (C=O) groups excluding carboxylic acids is 1. The van der Waals surface area contributed by atoms with Crippen LogP contribution >= 0.6 is 0 Å². The van der Waals surface area contributed by atoms with Gasteiger partial charge in [-0.25, -0.2) is 9.78 Å². The zero-order valence-electron chi connectivity index (χ0n) is 20.1. The summed E-state index contributed by atoms with van der Waals surface area (Å²) >= 11 is 0. The van der Waals surface area contributed by atoms with Crippen molar-refractivity contribution in [2.45, 2.75) is 122 Å². The van der Waals surface area contributed by atoms with Crippen molar-refractivity contribution < 1.29 is 9.72 Å². The molecule has 9 nitrogen and oxygen atoms in total. The summed E-state index contributed by atoms with van der Waals surface area (Å²) in [5.41, 5.74) is 0.390. The molecule has 33 heavy (non-hydrogen) atoms. The highest BCUT2D eigenvalue weighted by atomic mass is 16.6. The average Bonchev–Trinajstić information content (AvgIpc) is 2.77. The summed E-state index contributed by atoms with van der Waals surface area (Å²) in [5, 5.41) is 16.3. The van der Waals surface area contributed by atoms with Crippen molar-refractivity contribution in [2.24, 2.45) is 0 Å². The monoisotopic (exact) mass is 463 g/mol. The van der Waals surface area contributed by atoms with Gasteiger partial charge in [0.05, 0.1) is 0 Å². The first-order valence-electron chi connectivity index (χ1n) is 12.8. The summed E-state index contributed by atoms with van der Waals surface area (Å²) in [6, 6.07) is 0.413. The van der Waals surface area contributed by atoms with Crippen LogP contribution in [-0.4, -0.2) is 33.0 Å². The largest absolute Gasteiger partial charge is 0.335 e. The molecule has 1 aromatic heterocycles. The van der Waals surface area contributed by atoms with Crippen molar-refractivity contribution in [3.63, 3.8) is 0 Å². The molecule has 9 heteroatoms. The van der Waals surface area contributed by atoms with E-state index in [0.717, 1.165) is 12.8 Å². The van der Waals surface area contributed by atoms with Crippen LogP contribution in [0.2, 0.25) is 0 Å². The van der Waals surface area contributed by atoms with Crippen molar-refractivity contribution in [3.8, 4) is 0 Å². The summed E-state index contributed by atoms with van der Waals surface area (Å²) in [5.74, 6) is 0.136. The van der Waals surface area contributed by atoms with E-state index in [0.29, 0.717) is 37.8 Å². The van der Waals surface area contributed by atoms with Gasteiger partial charge in [0, 0.05) is 35.6 Å². The van der Waals surface area contributed by atoms with Gasteiger partial charge in [0.25, 0.3) is 5.56 Å². The molecule has 1 heterocycles. The normalized spacial score (nSPS) is 18.1. The number of anilines is 1. The number of nitrogens with zero attached hydrogens (tertiary/aromatic N) is 2. The Morgan fingerprint density at radius 3 is 2.18 bits per heavy atom. The fourth-order valence-electron chi connectivity index (χ4n) is 4.43. The fraction of sp³-hybridized carbons (Fsp3) is 0.792. The molecule has 1 fully saturated rings. The third-order valence-corrected chi connectivity index (χ3v) is 6.39. The Morgan fingerprint density at radius 1 is 1.03 bits per heavy atom. The molecule has 1 aliphatic carbocycles. The number of rotatable bonds is 15. The predicted octanol–water partition coefficient (Wildman–Crippen LogP) is 5.33. The molecule has 1 aliphatic rings. The first kappa shape index (κ1) is 26.8. The zero-order chi connectivity index (χ0) is 23.9. The maximum absolute atomic E-state index is 12.3. The highest BCUT2D eigenvalue weighted by molar-refractivity contribution is 5.87. The molecular weight excluding hydrogens is 422 g/mol. The summed E-state index contributed by atoms with van der Waals surface area (Å²) in [6.07, 6.45) is 16.7. The van der Waals surface area contributed by atoms with E-state index in [1.807, 2.05) is 0 Å². The molecular formula is C24H41N5O4. The van der Waals surface area contributed by atoms with Crippen LogP contribution in [0.3, 0.4) is 0 Å². The lowest BCUT2D eigenvalue weighted by Gasteiger charge is -2.24. The lowest BCUT2D eigenvalue weighted by Crippen LogP contribution is -2.42. The Morgan fingerprint density at radius 2 is 1.61 bits per heavy atom. The molecule has 0 atom stereocenters. The van der Waals surface area contributed by atoms with Crippen molar-refractivity contribution >= 4 is 12.0 Å². The van der Waals surface area contributed by atoms with E-state index in [2.05, 4.69) is 27.5 Å². The Kier molecular flexibility index (Phi) is 12.5. The van der Waals surface area contributed by atoms with Crippen molar-refractivity contribution in [1.29, 1.82) is 0 Å². The quantitative estimate of drug-likeness (QED) is 0.184. The van der Waals surface area contributed by atoms with E-state index < -0.39 is 12.1 Å². The molecule has 2 amide bonds. The van der Waals surface area contributed by atoms with E-state index in [1.54, 1.807) is 0 Å². The Bertz CT molecular complexity index is 774. The maximum Gasteiger partial charge on any atom is 0.321 e. The highest BCUT2D eigenvalue weighted by Gasteiger charge is 2.29. The highest BCUT2D eigenvalue weighted by Crippen LogP contribution is 2.20. The Hall–Kier alpha value is -2.45. The van der Waals surface area contributed by atoms with Crippen LogP contribution in [0.15, 0.2) is 10.9 Å². The number of urea groups is 1. The maximum atomic E-state index is 12.3. The van der Waals surface area contributed by atoms with Crippen LogP contribution in [0.25, 0.3) is 0 Å². The molecule has 1 aromatic rings. The number of hydrogen-bond acceptors (Lipinski definition) is 5. The van der Waals surface area contributed by atoms with Gasteiger partial charge in [-0.1, -0.05) is 71.1 Å². The van der Waals surface area contributed by atoms with E-state index >= 15 is 0 Å². The number of H-pyrrole nitrogens is 1. The second-order valence-electron chi connectivity index (χ2n) is 9.26. The van der Waals surface area contributed by atoms with E-state index in [1.165, 1.54) is 63.9 Å².